The topological polar surface area (TPSA) is 55.8 Å². The van der Waals surface area contributed by atoms with E-state index in [1.807, 2.05) is 78.9 Å². The fourth-order valence-corrected chi connectivity index (χ4v) is 4.80. The maximum absolute atomic E-state index is 13.4. The highest BCUT2D eigenvalue weighted by atomic mass is 16.5. The number of Topliss-reactive ketones (excluding diaryl/α,β-unsaturated/α-hetero) is 1. The summed E-state index contributed by atoms with van der Waals surface area (Å²) in [7, 11) is 1.62. The number of carbonyl (C=O) groups excluding carboxylic acids is 2. The summed E-state index contributed by atoms with van der Waals surface area (Å²) in [5.41, 5.74) is 3.20. The second kappa shape index (κ2) is 8.94. The lowest BCUT2D eigenvalue weighted by molar-refractivity contribution is -0.119. The van der Waals surface area contributed by atoms with Crippen LogP contribution in [0, 0.1) is 0 Å². The minimum atomic E-state index is -0.284. The van der Waals surface area contributed by atoms with Crippen LogP contribution in [0.25, 0.3) is 0 Å². The van der Waals surface area contributed by atoms with E-state index in [1.165, 1.54) is 0 Å². The Morgan fingerprint density at radius 2 is 1.52 bits per heavy atom. The molecular formula is C28H25NO4. The molecule has 0 saturated carbocycles. The first-order chi connectivity index (χ1) is 16.2. The highest BCUT2D eigenvalue weighted by molar-refractivity contribution is 6.07. The van der Waals surface area contributed by atoms with Crippen molar-refractivity contribution in [1.82, 2.24) is 0 Å². The third kappa shape index (κ3) is 4.02. The molecule has 3 aromatic carbocycles. The Kier molecular flexibility index (Phi) is 5.69. The van der Waals surface area contributed by atoms with E-state index in [1.54, 1.807) is 12.0 Å². The standard InChI is InChI=1S/C28H25NO4/c1-32-26-13-6-5-10-22(26)23-18-27(31)29(24-11-7-12-25(30)28(23)24)19-14-16-21(17-15-19)33-20-8-3-2-4-9-20/h2-6,8-10,13-17,23H,7,11-12,18H2,1H3. The number of ether oxygens (including phenoxy) is 2. The lowest BCUT2D eigenvalue weighted by atomic mass is 9.77. The number of ketones is 1. The summed E-state index contributed by atoms with van der Waals surface area (Å²) in [6.45, 7) is 0. The largest absolute Gasteiger partial charge is 0.496 e. The van der Waals surface area contributed by atoms with E-state index in [9.17, 15) is 9.59 Å². The SMILES string of the molecule is COc1ccccc1C1CC(=O)N(c2ccc(Oc3ccccc3)cc2)C2=C1C(=O)CCC2. The van der Waals surface area contributed by atoms with Gasteiger partial charge >= 0.3 is 0 Å². The molecule has 2 aliphatic rings. The molecule has 1 atom stereocenters. The summed E-state index contributed by atoms with van der Waals surface area (Å²) in [4.78, 5) is 28.2. The Labute approximate surface area is 193 Å². The molecule has 3 aromatic rings. The highest BCUT2D eigenvalue weighted by Gasteiger charge is 2.40. The van der Waals surface area contributed by atoms with Crippen LogP contribution in [-0.2, 0) is 9.59 Å². The molecular weight excluding hydrogens is 414 g/mol. The van der Waals surface area contributed by atoms with Gasteiger partial charge < -0.3 is 9.47 Å². The van der Waals surface area contributed by atoms with Gasteiger partial charge in [0.25, 0.3) is 0 Å². The zero-order valence-electron chi connectivity index (χ0n) is 18.5. The summed E-state index contributed by atoms with van der Waals surface area (Å²) in [5, 5.41) is 0. The summed E-state index contributed by atoms with van der Waals surface area (Å²) in [6, 6.07) is 24.7. The van der Waals surface area contributed by atoms with Crippen LogP contribution in [0.5, 0.6) is 17.2 Å². The third-order valence-corrected chi connectivity index (χ3v) is 6.26. The van der Waals surface area contributed by atoms with Gasteiger partial charge in [0.15, 0.2) is 5.78 Å². The molecule has 0 fully saturated rings. The zero-order valence-corrected chi connectivity index (χ0v) is 18.5. The molecule has 1 heterocycles. The summed E-state index contributed by atoms with van der Waals surface area (Å²) >= 11 is 0. The van der Waals surface area contributed by atoms with Crippen LogP contribution in [0.2, 0.25) is 0 Å². The molecule has 5 nitrogen and oxygen atoms in total. The first-order valence-electron chi connectivity index (χ1n) is 11.2. The van der Waals surface area contributed by atoms with Crippen molar-refractivity contribution >= 4 is 17.4 Å². The van der Waals surface area contributed by atoms with E-state index in [2.05, 4.69) is 0 Å². The number of hydrogen-bond acceptors (Lipinski definition) is 4. The molecule has 5 rings (SSSR count). The monoisotopic (exact) mass is 439 g/mol. The Hall–Kier alpha value is -3.86. The quantitative estimate of drug-likeness (QED) is 0.488. The molecule has 1 aliphatic carbocycles. The van der Waals surface area contributed by atoms with Gasteiger partial charge in [-0.2, -0.15) is 0 Å². The molecule has 5 heteroatoms. The number of rotatable bonds is 5. The van der Waals surface area contributed by atoms with Gasteiger partial charge in [0.05, 0.1) is 7.11 Å². The molecule has 166 valence electrons. The molecule has 0 aromatic heterocycles. The first kappa shape index (κ1) is 21.0. The van der Waals surface area contributed by atoms with Crippen molar-refractivity contribution in [2.75, 3.05) is 12.0 Å². The molecule has 1 unspecified atom stereocenters. The van der Waals surface area contributed by atoms with Crippen molar-refractivity contribution in [3.05, 3.63) is 95.7 Å². The van der Waals surface area contributed by atoms with Gasteiger partial charge in [0.1, 0.15) is 17.2 Å². The van der Waals surface area contributed by atoms with Crippen LogP contribution in [0.15, 0.2) is 90.1 Å². The molecule has 0 saturated heterocycles. The van der Waals surface area contributed by atoms with Crippen LogP contribution in [0.1, 0.15) is 37.2 Å². The lowest BCUT2D eigenvalue weighted by Gasteiger charge is -2.38. The van der Waals surface area contributed by atoms with Gasteiger partial charge in [0.2, 0.25) is 5.91 Å². The Balaban J connectivity index is 1.51. The smallest absolute Gasteiger partial charge is 0.232 e. The molecule has 0 radical (unpaired) electrons. The van der Waals surface area contributed by atoms with Gasteiger partial charge in [-0.3, -0.25) is 14.5 Å². The van der Waals surface area contributed by atoms with Crippen LogP contribution in [-0.4, -0.2) is 18.8 Å². The minimum absolute atomic E-state index is 0.0175. The molecule has 1 aliphatic heterocycles. The van der Waals surface area contributed by atoms with Crippen molar-refractivity contribution < 1.29 is 19.1 Å². The van der Waals surface area contributed by atoms with E-state index >= 15 is 0 Å². The van der Waals surface area contributed by atoms with Crippen LogP contribution in [0.3, 0.4) is 0 Å². The predicted octanol–water partition coefficient (Wildman–Crippen LogP) is 6.02. The van der Waals surface area contributed by atoms with E-state index < -0.39 is 0 Å². The predicted molar refractivity (Wildman–Crippen MR) is 127 cm³/mol. The summed E-state index contributed by atoms with van der Waals surface area (Å²) in [5.74, 6) is 1.96. The van der Waals surface area contributed by atoms with Crippen molar-refractivity contribution in [3.8, 4) is 17.2 Å². The van der Waals surface area contributed by atoms with E-state index in [-0.39, 0.29) is 24.0 Å². The van der Waals surface area contributed by atoms with Gasteiger partial charge in [-0.1, -0.05) is 36.4 Å². The fraction of sp³-hybridized carbons (Fsp3) is 0.214. The van der Waals surface area contributed by atoms with Gasteiger partial charge in [0, 0.05) is 41.3 Å². The second-order valence-corrected chi connectivity index (χ2v) is 8.27. The number of nitrogens with zero attached hydrogens (tertiary/aromatic N) is 1. The third-order valence-electron chi connectivity index (χ3n) is 6.26. The van der Waals surface area contributed by atoms with Gasteiger partial charge in [-0.25, -0.2) is 0 Å². The molecule has 1 amide bonds. The number of carbonyl (C=O) groups is 2. The second-order valence-electron chi connectivity index (χ2n) is 8.27. The number of allylic oxidation sites excluding steroid dienone is 2. The number of methoxy groups -OCH3 is 1. The summed E-state index contributed by atoms with van der Waals surface area (Å²) < 4.78 is 11.4. The average Bonchev–Trinajstić information content (AvgIpc) is 2.85. The van der Waals surface area contributed by atoms with E-state index in [4.69, 9.17) is 9.47 Å². The van der Waals surface area contributed by atoms with E-state index in [0.717, 1.165) is 34.7 Å². The van der Waals surface area contributed by atoms with Gasteiger partial charge in [-0.05, 0) is 55.3 Å². The van der Waals surface area contributed by atoms with Crippen molar-refractivity contribution in [1.29, 1.82) is 0 Å². The zero-order chi connectivity index (χ0) is 22.8. The normalized spacial score (nSPS) is 18.2. The Morgan fingerprint density at radius 3 is 2.27 bits per heavy atom. The Morgan fingerprint density at radius 1 is 0.818 bits per heavy atom. The number of para-hydroxylation sites is 2. The average molecular weight is 440 g/mol. The fourth-order valence-electron chi connectivity index (χ4n) is 4.80. The number of anilines is 1. The maximum Gasteiger partial charge on any atom is 0.232 e. The molecule has 0 N–H and O–H groups in total. The molecule has 0 bridgehead atoms. The van der Waals surface area contributed by atoms with Crippen molar-refractivity contribution in [3.63, 3.8) is 0 Å². The van der Waals surface area contributed by atoms with Gasteiger partial charge in [-0.15, -0.1) is 0 Å². The Bertz CT molecular complexity index is 1210. The number of benzene rings is 3. The number of hydrogen-bond donors (Lipinski definition) is 0. The number of amides is 1. The maximum atomic E-state index is 13.4. The van der Waals surface area contributed by atoms with E-state index in [0.29, 0.717) is 24.3 Å². The summed E-state index contributed by atoms with van der Waals surface area (Å²) in [6.07, 6.45) is 2.18. The molecule has 0 spiro atoms. The van der Waals surface area contributed by atoms with Crippen LogP contribution < -0.4 is 14.4 Å². The van der Waals surface area contributed by atoms with Crippen LogP contribution >= 0.6 is 0 Å². The highest BCUT2D eigenvalue weighted by Crippen LogP contribution is 2.45. The van der Waals surface area contributed by atoms with Crippen LogP contribution in [0.4, 0.5) is 5.69 Å². The molecule has 33 heavy (non-hydrogen) atoms. The lowest BCUT2D eigenvalue weighted by Crippen LogP contribution is -2.40. The van der Waals surface area contributed by atoms with Crippen molar-refractivity contribution in [2.24, 2.45) is 0 Å². The minimum Gasteiger partial charge on any atom is -0.496 e. The first-order valence-corrected chi connectivity index (χ1v) is 11.2. The van der Waals surface area contributed by atoms with Crippen molar-refractivity contribution in [2.45, 2.75) is 31.6 Å².